The number of sulfonamides is 1. The van der Waals surface area contributed by atoms with Crippen LogP contribution in [0.3, 0.4) is 0 Å². The summed E-state index contributed by atoms with van der Waals surface area (Å²) in [5.41, 5.74) is 0. The van der Waals surface area contributed by atoms with Gasteiger partial charge >= 0.3 is 0 Å². The van der Waals surface area contributed by atoms with Crippen LogP contribution >= 0.6 is 11.8 Å². The average Bonchev–Trinajstić information content (AvgIpc) is 3.20. The number of hydrogen-bond donors (Lipinski definition) is 2. The molecule has 1 aromatic rings. The van der Waals surface area contributed by atoms with Crippen LogP contribution in [0.5, 0.6) is 0 Å². The van der Waals surface area contributed by atoms with Gasteiger partial charge in [-0.3, -0.25) is 0 Å². The molecule has 2 fully saturated rings. The molecule has 0 atom stereocenters. The van der Waals surface area contributed by atoms with Gasteiger partial charge in [0, 0.05) is 12.6 Å². The molecule has 3 rings (SSSR count). The maximum atomic E-state index is 12.2. The lowest BCUT2D eigenvalue weighted by atomic mass is 10.0. The summed E-state index contributed by atoms with van der Waals surface area (Å²) in [5, 5.41) is 3.34. The molecule has 2 N–H and O–H groups in total. The first kappa shape index (κ1) is 15.4. The summed E-state index contributed by atoms with van der Waals surface area (Å²) >= 11 is 1.94. The van der Waals surface area contributed by atoms with Crippen molar-refractivity contribution in [2.75, 3.05) is 18.1 Å². The molecule has 0 amide bonds. The van der Waals surface area contributed by atoms with Crippen LogP contribution in [0, 0.1) is 5.92 Å². The lowest BCUT2D eigenvalue weighted by Crippen LogP contribution is -2.30. The molecule has 0 radical (unpaired) electrons. The van der Waals surface area contributed by atoms with Gasteiger partial charge in [-0.1, -0.05) is 0 Å². The predicted molar refractivity (Wildman–Crippen MR) is 83.8 cm³/mol. The Bertz CT molecular complexity index is 561. The Morgan fingerprint density at radius 2 is 1.95 bits per heavy atom. The highest BCUT2D eigenvalue weighted by molar-refractivity contribution is 7.99. The summed E-state index contributed by atoms with van der Waals surface area (Å²) in [5.74, 6) is 3.39. The van der Waals surface area contributed by atoms with Crippen molar-refractivity contribution < 1.29 is 12.8 Å². The third-order valence-corrected chi connectivity index (χ3v) is 6.29. The zero-order valence-electron chi connectivity index (χ0n) is 12.0. The normalized spacial score (nSPS) is 20.8. The quantitative estimate of drug-likeness (QED) is 0.799. The molecule has 0 unspecified atom stereocenters. The molecule has 21 heavy (non-hydrogen) atoms. The van der Waals surface area contributed by atoms with Crippen molar-refractivity contribution in [1.82, 2.24) is 10.0 Å². The van der Waals surface area contributed by atoms with Gasteiger partial charge in [0.2, 0.25) is 5.09 Å². The summed E-state index contributed by atoms with van der Waals surface area (Å²) in [7, 11) is -3.51. The second-order valence-electron chi connectivity index (χ2n) is 5.78. The van der Waals surface area contributed by atoms with Gasteiger partial charge < -0.3 is 9.73 Å². The van der Waals surface area contributed by atoms with Crippen LogP contribution in [-0.2, 0) is 16.6 Å². The molecule has 5 nitrogen and oxygen atoms in total. The largest absolute Gasteiger partial charge is 0.447 e. The molecule has 0 spiro atoms. The van der Waals surface area contributed by atoms with E-state index in [2.05, 4.69) is 10.0 Å². The Labute approximate surface area is 130 Å². The zero-order valence-corrected chi connectivity index (χ0v) is 13.6. The van der Waals surface area contributed by atoms with Gasteiger partial charge in [-0.2, -0.15) is 11.8 Å². The Kier molecular flexibility index (Phi) is 4.93. The average molecular weight is 330 g/mol. The summed E-state index contributed by atoms with van der Waals surface area (Å²) in [6.45, 7) is 1.11. The molecular formula is C14H22N2O3S2. The van der Waals surface area contributed by atoms with Gasteiger partial charge in [-0.15, -0.1) is 0 Å². The fourth-order valence-electron chi connectivity index (χ4n) is 2.38. The summed E-state index contributed by atoms with van der Waals surface area (Å²) in [6.07, 6.45) is 4.57. The van der Waals surface area contributed by atoms with Gasteiger partial charge in [0.15, 0.2) is 0 Å². The Morgan fingerprint density at radius 1 is 1.19 bits per heavy atom. The number of rotatable bonds is 7. The van der Waals surface area contributed by atoms with Crippen molar-refractivity contribution in [1.29, 1.82) is 0 Å². The molecule has 7 heteroatoms. The zero-order chi connectivity index (χ0) is 14.7. The summed E-state index contributed by atoms with van der Waals surface area (Å²) < 4.78 is 32.6. The van der Waals surface area contributed by atoms with E-state index in [4.69, 9.17) is 4.42 Å². The molecule has 0 aromatic carbocycles. The van der Waals surface area contributed by atoms with Gasteiger partial charge in [-0.05, 0) is 55.2 Å². The van der Waals surface area contributed by atoms with E-state index in [1.807, 2.05) is 11.8 Å². The van der Waals surface area contributed by atoms with E-state index in [0.717, 1.165) is 24.3 Å². The van der Waals surface area contributed by atoms with Crippen molar-refractivity contribution in [3.8, 4) is 0 Å². The van der Waals surface area contributed by atoms with Crippen LogP contribution in [0.2, 0.25) is 0 Å². The van der Waals surface area contributed by atoms with Gasteiger partial charge in [-0.25, -0.2) is 13.1 Å². The minimum atomic E-state index is -3.51. The first-order valence-corrected chi connectivity index (χ1v) is 10.2. The summed E-state index contributed by atoms with van der Waals surface area (Å²) in [6, 6.07) is 3.86. The Hall–Kier alpha value is -0.500. The minimum absolute atomic E-state index is 0.0280. The van der Waals surface area contributed by atoms with E-state index in [-0.39, 0.29) is 5.09 Å². The SMILES string of the molecule is O=S(=O)(NCC1CCSCC1)c1ccc(CNC2CC2)o1. The fraction of sp³-hybridized carbons (Fsp3) is 0.714. The van der Waals surface area contributed by atoms with Crippen molar-refractivity contribution in [3.63, 3.8) is 0 Å². The maximum absolute atomic E-state index is 12.2. The van der Waals surface area contributed by atoms with E-state index in [0.29, 0.717) is 30.8 Å². The predicted octanol–water partition coefficient (Wildman–Crippen LogP) is 1.95. The molecule has 1 saturated heterocycles. The second-order valence-corrected chi connectivity index (χ2v) is 8.71. The molecule has 0 bridgehead atoms. The first-order valence-electron chi connectivity index (χ1n) is 7.53. The third-order valence-electron chi connectivity index (χ3n) is 3.95. The fourth-order valence-corrected chi connectivity index (χ4v) is 4.64. The van der Waals surface area contributed by atoms with Crippen LogP contribution in [0.15, 0.2) is 21.6 Å². The number of hydrogen-bond acceptors (Lipinski definition) is 5. The van der Waals surface area contributed by atoms with Crippen molar-refractivity contribution in [2.45, 2.75) is 43.4 Å². The van der Waals surface area contributed by atoms with E-state index in [1.165, 1.54) is 12.8 Å². The van der Waals surface area contributed by atoms with Crippen LogP contribution < -0.4 is 10.0 Å². The highest BCUT2D eigenvalue weighted by atomic mass is 32.2. The van der Waals surface area contributed by atoms with E-state index < -0.39 is 10.0 Å². The Morgan fingerprint density at radius 3 is 2.67 bits per heavy atom. The molecule has 1 aliphatic carbocycles. The van der Waals surface area contributed by atoms with Crippen molar-refractivity contribution in [3.05, 3.63) is 17.9 Å². The third kappa shape index (κ3) is 4.48. The number of nitrogens with one attached hydrogen (secondary N) is 2. The second kappa shape index (κ2) is 6.73. The standard InChI is InChI=1S/C14H22N2O3S2/c17-21(18,16-9-11-5-7-20-8-6-11)14-4-3-13(19-14)10-15-12-1-2-12/h3-4,11-12,15-16H,1-2,5-10H2. The molecular weight excluding hydrogens is 308 g/mol. The van der Waals surface area contributed by atoms with E-state index in [9.17, 15) is 8.42 Å². The molecule has 1 aliphatic heterocycles. The van der Waals surface area contributed by atoms with Gasteiger partial charge in [0.25, 0.3) is 10.0 Å². The van der Waals surface area contributed by atoms with E-state index in [1.54, 1.807) is 12.1 Å². The highest BCUT2D eigenvalue weighted by Gasteiger charge is 2.23. The molecule has 118 valence electrons. The van der Waals surface area contributed by atoms with Gasteiger partial charge in [0.05, 0.1) is 6.54 Å². The van der Waals surface area contributed by atoms with Crippen molar-refractivity contribution in [2.24, 2.45) is 5.92 Å². The lowest BCUT2D eigenvalue weighted by Gasteiger charge is -2.21. The molecule has 1 aromatic heterocycles. The maximum Gasteiger partial charge on any atom is 0.273 e. The Balaban J connectivity index is 1.53. The van der Waals surface area contributed by atoms with Crippen molar-refractivity contribution >= 4 is 21.8 Å². The van der Waals surface area contributed by atoms with E-state index >= 15 is 0 Å². The lowest BCUT2D eigenvalue weighted by molar-refractivity contribution is 0.396. The molecule has 1 saturated carbocycles. The topological polar surface area (TPSA) is 71.3 Å². The molecule has 2 aliphatic rings. The van der Waals surface area contributed by atoms with Crippen LogP contribution in [-0.4, -0.2) is 32.5 Å². The summed E-state index contributed by atoms with van der Waals surface area (Å²) in [4.78, 5) is 0. The number of furan rings is 1. The molecule has 2 heterocycles. The van der Waals surface area contributed by atoms with Gasteiger partial charge in [0.1, 0.15) is 5.76 Å². The number of thioether (sulfide) groups is 1. The smallest absolute Gasteiger partial charge is 0.273 e. The van der Waals surface area contributed by atoms with Crippen LogP contribution in [0.25, 0.3) is 0 Å². The van der Waals surface area contributed by atoms with Crippen LogP contribution in [0.4, 0.5) is 0 Å². The van der Waals surface area contributed by atoms with Crippen LogP contribution in [0.1, 0.15) is 31.4 Å². The minimum Gasteiger partial charge on any atom is -0.447 e. The first-order chi connectivity index (χ1) is 10.1. The monoisotopic (exact) mass is 330 g/mol. The highest BCUT2D eigenvalue weighted by Crippen LogP contribution is 2.23.